The first-order chi connectivity index (χ1) is 8.86. The van der Waals surface area contributed by atoms with Crippen molar-refractivity contribution >= 4 is 21.6 Å². The summed E-state index contributed by atoms with van der Waals surface area (Å²) in [4.78, 5) is 4.53. The Bertz CT molecular complexity index is 407. The van der Waals surface area contributed by atoms with Crippen LogP contribution >= 0.6 is 15.9 Å². The molecule has 0 spiro atoms. The van der Waals surface area contributed by atoms with Gasteiger partial charge in [-0.25, -0.2) is 0 Å². The Balaban J connectivity index is 3.10. The minimum absolute atomic E-state index is 0.402. The molecule has 0 aliphatic heterocycles. The van der Waals surface area contributed by atoms with Gasteiger partial charge in [0.1, 0.15) is 0 Å². The molecule has 0 saturated carbocycles. The zero-order valence-corrected chi connectivity index (χ0v) is 14.1. The molecule has 4 heteroatoms. The third-order valence-corrected chi connectivity index (χ3v) is 3.74. The van der Waals surface area contributed by atoms with E-state index in [4.69, 9.17) is 0 Å². The maximum Gasteiger partial charge on any atom is 0.0782 e. The molecule has 0 aliphatic carbocycles. The number of hydrogen-bond acceptors (Lipinski definition) is 3. The van der Waals surface area contributed by atoms with E-state index in [0.29, 0.717) is 6.04 Å². The number of anilines is 1. The van der Waals surface area contributed by atoms with Crippen LogP contribution in [-0.4, -0.2) is 43.2 Å². The van der Waals surface area contributed by atoms with Crippen LogP contribution in [0.25, 0.3) is 0 Å². The molecule has 0 radical (unpaired) electrons. The molecule has 2 unspecified atom stereocenters. The van der Waals surface area contributed by atoms with E-state index >= 15 is 0 Å². The van der Waals surface area contributed by atoms with Crippen molar-refractivity contribution in [1.29, 1.82) is 0 Å². The van der Waals surface area contributed by atoms with Crippen LogP contribution < -0.4 is 4.90 Å². The summed E-state index contributed by atoms with van der Waals surface area (Å²) in [6.45, 7) is 8.10. The van der Waals surface area contributed by atoms with Gasteiger partial charge in [-0.2, -0.15) is 0 Å². The van der Waals surface area contributed by atoms with E-state index in [1.807, 2.05) is 19.1 Å². The Labute approximate surface area is 125 Å². The first-order valence-corrected chi connectivity index (χ1v) is 7.55. The average molecular weight is 329 g/mol. The molecule has 0 aliphatic rings. The zero-order valence-electron chi connectivity index (χ0n) is 12.5. The molecule has 1 N–H and O–H groups in total. The van der Waals surface area contributed by atoms with Gasteiger partial charge < -0.3 is 14.9 Å². The number of hydrogen-bond donors (Lipinski definition) is 1. The summed E-state index contributed by atoms with van der Waals surface area (Å²) in [6.07, 6.45) is -0.465. The minimum atomic E-state index is -0.465. The second-order valence-electron chi connectivity index (χ2n) is 5.28. The van der Waals surface area contributed by atoms with Crippen molar-refractivity contribution in [3.05, 3.63) is 28.2 Å². The molecule has 0 bridgehead atoms. The summed E-state index contributed by atoms with van der Waals surface area (Å²) >= 11 is 3.48. The minimum Gasteiger partial charge on any atom is -0.389 e. The highest BCUT2D eigenvalue weighted by Gasteiger charge is 2.18. The Morgan fingerprint density at radius 1 is 1.26 bits per heavy atom. The molecule has 19 heavy (non-hydrogen) atoms. The number of nitrogens with zero attached hydrogens (tertiary/aromatic N) is 2. The maximum atomic E-state index is 9.98. The molecular weight excluding hydrogens is 304 g/mol. The fourth-order valence-electron chi connectivity index (χ4n) is 2.47. The highest BCUT2D eigenvalue weighted by molar-refractivity contribution is 9.10. The molecule has 0 aromatic heterocycles. The van der Waals surface area contributed by atoms with Gasteiger partial charge in [-0.3, -0.25) is 0 Å². The van der Waals surface area contributed by atoms with E-state index in [1.165, 1.54) is 0 Å². The lowest BCUT2D eigenvalue weighted by Crippen LogP contribution is -2.40. The SMILES string of the molecule is CCN(c1ccc(Br)cc1C(C)O)C(C)CN(C)C. The van der Waals surface area contributed by atoms with Gasteiger partial charge in [0.2, 0.25) is 0 Å². The van der Waals surface area contributed by atoms with Crippen molar-refractivity contribution in [2.75, 3.05) is 32.1 Å². The second kappa shape index (κ2) is 7.27. The largest absolute Gasteiger partial charge is 0.389 e. The molecule has 0 saturated heterocycles. The van der Waals surface area contributed by atoms with Crippen molar-refractivity contribution in [1.82, 2.24) is 4.90 Å². The Morgan fingerprint density at radius 2 is 1.89 bits per heavy atom. The first kappa shape index (κ1) is 16.5. The second-order valence-corrected chi connectivity index (χ2v) is 6.19. The predicted molar refractivity (Wildman–Crippen MR) is 85.8 cm³/mol. The summed E-state index contributed by atoms with van der Waals surface area (Å²) < 4.78 is 1.00. The predicted octanol–water partition coefficient (Wildman–Crippen LogP) is 3.28. The van der Waals surface area contributed by atoms with E-state index in [-0.39, 0.29) is 0 Å². The smallest absolute Gasteiger partial charge is 0.0782 e. The quantitative estimate of drug-likeness (QED) is 0.868. The Morgan fingerprint density at radius 3 is 2.37 bits per heavy atom. The topological polar surface area (TPSA) is 26.7 Å². The summed E-state index contributed by atoms with van der Waals surface area (Å²) in [6, 6.07) is 6.53. The number of aliphatic hydroxyl groups excluding tert-OH is 1. The zero-order chi connectivity index (χ0) is 14.6. The summed E-state index contributed by atoms with van der Waals surface area (Å²) in [7, 11) is 4.17. The third-order valence-electron chi connectivity index (χ3n) is 3.25. The molecule has 0 amide bonds. The van der Waals surface area contributed by atoms with Gasteiger partial charge >= 0.3 is 0 Å². The fraction of sp³-hybridized carbons (Fsp3) is 0.600. The van der Waals surface area contributed by atoms with Crippen molar-refractivity contribution in [2.24, 2.45) is 0 Å². The standard InChI is InChI=1S/C15H25BrN2O/c1-6-18(11(2)10-17(4)5)15-8-7-13(16)9-14(15)12(3)19/h7-9,11-12,19H,6,10H2,1-5H3. The number of likely N-dealkylation sites (N-methyl/N-ethyl adjacent to an activating group) is 2. The van der Waals surface area contributed by atoms with Crippen LogP contribution in [0.15, 0.2) is 22.7 Å². The van der Waals surface area contributed by atoms with Crippen molar-refractivity contribution in [2.45, 2.75) is 32.9 Å². The molecule has 3 nitrogen and oxygen atoms in total. The maximum absolute atomic E-state index is 9.98. The summed E-state index contributed by atoms with van der Waals surface area (Å²) in [5, 5.41) is 9.98. The van der Waals surface area contributed by atoms with Gasteiger partial charge in [-0.15, -0.1) is 0 Å². The van der Waals surface area contributed by atoms with Crippen molar-refractivity contribution < 1.29 is 5.11 Å². The molecule has 0 heterocycles. The number of halogens is 1. The van der Waals surface area contributed by atoms with Crippen LogP contribution in [0, 0.1) is 0 Å². The molecular formula is C15H25BrN2O. The highest BCUT2D eigenvalue weighted by atomic mass is 79.9. The van der Waals surface area contributed by atoms with E-state index in [9.17, 15) is 5.11 Å². The van der Waals surface area contributed by atoms with Crippen LogP contribution in [0.3, 0.4) is 0 Å². The lowest BCUT2D eigenvalue weighted by atomic mass is 10.1. The van der Waals surface area contributed by atoms with Crippen LogP contribution in [0.1, 0.15) is 32.4 Å². The molecule has 1 aromatic rings. The third kappa shape index (κ3) is 4.48. The van der Waals surface area contributed by atoms with Crippen LogP contribution in [0.4, 0.5) is 5.69 Å². The van der Waals surface area contributed by atoms with E-state index in [2.05, 4.69) is 59.7 Å². The van der Waals surface area contributed by atoms with Gasteiger partial charge in [-0.05, 0) is 53.1 Å². The van der Waals surface area contributed by atoms with Gasteiger partial charge in [0.25, 0.3) is 0 Å². The Kier molecular flexibility index (Phi) is 6.30. The van der Waals surface area contributed by atoms with Crippen LogP contribution in [-0.2, 0) is 0 Å². The van der Waals surface area contributed by atoms with Gasteiger partial charge in [0.05, 0.1) is 6.10 Å². The fourth-order valence-corrected chi connectivity index (χ4v) is 2.85. The number of rotatable bonds is 6. The van der Waals surface area contributed by atoms with E-state index < -0.39 is 6.10 Å². The molecule has 1 aromatic carbocycles. The van der Waals surface area contributed by atoms with Gasteiger partial charge in [0, 0.05) is 34.9 Å². The average Bonchev–Trinajstić information content (AvgIpc) is 2.30. The lowest BCUT2D eigenvalue weighted by Gasteiger charge is -2.34. The van der Waals surface area contributed by atoms with E-state index in [0.717, 1.165) is 28.8 Å². The Hall–Kier alpha value is -0.580. The summed E-state index contributed by atoms with van der Waals surface area (Å²) in [5.41, 5.74) is 2.09. The monoisotopic (exact) mass is 328 g/mol. The van der Waals surface area contributed by atoms with Crippen LogP contribution in [0.5, 0.6) is 0 Å². The van der Waals surface area contributed by atoms with Crippen molar-refractivity contribution in [3.63, 3.8) is 0 Å². The molecule has 2 atom stereocenters. The lowest BCUT2D eigenvalue weighted by molar-refractivity contribution is 0.199. The van der Waals surface area contributed by atoms with E-state index in [1.54, 1.807) is 0 Å². The normalized spacial score (nSPS) is 14.5. The molecule has 0 fully saturated rings. The highest BCUT2D eigenvalue weighted by Crippen LogP contribution is 2.30. The summed E-state index contributed by atoms with van der Waals surface area (Å²) in [5.74, 6) is 0. The number of aliphatic hydroxyl groups is 1. The van der Waals surface area contributed by atoms with Crippen LogP contribution in [0.2, 0.25) is 0 Å². The number of benzene rings is 1. The van der Waals surface area contributed by atoms with Crippen molar-refractivity contribution in [3.8, 4) is 0 Å². The van der Waals surface area contributed by atoms with Gasteiger partial charge in [-0.1, -0.05) is 15.9 Å². The van der Waals surface area contributed by atoms with Gasteiger partial charge in [0.15, 0.2) is 0 Å². The molecule has 108 valence electrons. The molecule has 1 rings (SSSR count). The first-order valence-electron chi connectivity index (χ1n) is 6.75.